The van der Waals surface area contributed by atoms with Gasteiger partial charge in [-0.15, -0.1) is 0 Å². The van der Waals surface area contributed by atoms with Gasteiger partial charge >= 0.3 is 0 Å². The molecule has 1 aromatic heterocycles. The molecule has 0 fully saturated rings. The van der Waals surface area contributed by atoms with E-state index in [-0.39, 0.29) is 12.3 Å². The molecular weight excluding hydrogens is 416 g/mol. The van der Waals surface area contributed by atoms with Crippen LogP contribution in [0.15, 0.2) is 71.1 Å². The van der Waals surface area contributed by atoms with Crippen molar-refractivity contribution >= 4 is 49.2 Å². The van der Waals surface area contributed by atoms with Crippen LogP contribution in [0.1, 0.15) is 6.92 Å². The first-order valence-corrected chi connectivity index (χ1v) is 11.6. The van der Waals surface area contributed by atoms with Crippen LogP contribution in [0.25, 0.3) is 21.9 Å². The number of rotatable bonds is 4. The van der Waals surface area contributed by atoms with E-state index in [1.165, 1.54) is 4.31 Å². The Morgan fingerprint density at radius 2 is 1.77 bits per heavy atom. The summed E-state index contributed by atoms with van der Waals surface area (Å²) in [6.07, 6.45) is -0.984. The van der Waals surface area contributed by atoms with Gasteiger partial charge in [0.1, 0.15) is 16.9 Å². The zero-order valence-corrected chi connectivity index (χ0v) is 17.6. The molecule has 0 radical (unpaired) electrons. The largest absolute Gasteiger partial charge is 0.476 e. The van der Waals surface area contributed by atoms with E-state index in [0.717, 1.165) is 16.4 Å². The van der Waals surface area contributed by atoms with Gasteiger partial charge < -0.3 is 14.5 Å². The maximum absolute atomic E-state index is 13.0. The van der Waals surface area contributed by atoms with Gasteiger partial charge in [-0.2, -0.15) is 0 Å². The number of nitrogens with zero attached hydrogens (tertiary/aromatic N) is 1. The molecule has 0 saturated heterocycles. The number of fused-ring (bicyclic) bond motifs is 4. The third kappa shape index (κ3) is 3.38. The summed E-state index contributed by atoms with van der Waals surface area (Å²) < 4.78 is 38.2. The van der Waals surface area contributed by atoms with Gasteiger partial charge in [-0.05, 0) is 37.3 Å². The van der Waals surface area contributed by atoms with E-state index >= 15 is 0 Å². The molecule has 1 amide bonds. The van der Waals surface area contributed by atoms with Crippen LogP contribution in [0.2, 0.25) is 0 Å². The summed E-state index contributed by atoms with van der Waals surface area (Å²) in [5.74, 6) is -0.141. The van der Waals surface area contributed by atoms with Crippen molar-refractivity contribution < 1.29 is 22.4 Å². The van der Waals surface area contributed by atoms with Gasteiger partial charge in [-0.25, -0.2) is 8.42 Å². The predicted molar refractivity (Wildman–Crippen MR) is 120 cm³/mol. The van der Waals surface area contributed by atoms with Crippen LogP contribution in [-0.2, 0) is 14.8 Å². The van der Waals surface area contributed by atoms with Gasteiger partial charge in [0.05, 0.1) is 18.0 Å². The number of benzene rings is 3. The minimum absolute atomic E-state index is 0.0710. The second-order valence-corrected chi connectivity index (χ2v) is 9.49. The third-order valence-corrected chi connectivity index (χ3v) is 7.12. The number of hydrogen-bond donors (Lipinski definition) is 1. The molecule has 5 rings (SSSR count). The smallest absolute Gasteiger partial charge is 0.267 e. The molecule has 31 heavy (non-hydrogen) atoms. The molecule has 1 N–H and O–H groups in total. The third-order valence-electron chi connectivity index (χ3n) is 5.37. The predicted octanol–water partition coefficient (Wildman–Crippen LogP) is 4.14. The summed E-state index contributed by atoms with van der Waals surface area (Å²) in [7, 11) is -3.56. The quantitative estimate of drug-likeness (QED) is 0.519. The Bertz CT molecular complexity index is 1410. The summed E-state index contributed by atoms with van der Waals surface area (Å²) in [4.78, 5) is 13.0. The first kappa shape index (κ1) is 19.4. The van der Waals surface area contributed by atoms with Crippen LogP contribution in [0.3, 0.4) is 0 Å². The standard InChI is InChI=1S/C23H20N2O5S/c1-2-31(27,28)25-14-22(30-20-10-6-4-8-18(20)25)23(26)24-15-11-12-17-16-7-3-5-9-19(16)29-21(17)13-15/h3-13,22H,2,14H2,1H3,(H,24,26)/t22-/m1/s1. The van der Waals surface area contributed by atoms with Gasteiger partial charge in [0.15, 0.2) is 6.10 Å². The monoisotopic (exact) mass is 436 g/mol. The number of furan rings is 1. The molecule has 0 unspecified atom stereocenters. The minimum Gasteiger partial charge on any atom is -0.476 e. The van der Waals surface area contributed by atoms with E-state index in [1.54, 1.807) is 43.3 Å². The lowest BCUT2D eigenvalue weighted by Crippen LogP contribution is -2.49. The molecule has 0 aliphatic carbocycles. The average Bonchev–Trinajstić information content (AvgIpc) is 3.16. The van der Waals surface area contributed by atoms with E-state index in [9.17, 15) is 13.2 Å². The lowest BCUT2D eigenvalue weighted by atomic mass is 10.1. The fourth-order valence-electron chi connectivity index (χ4n) is 3.78. The Hall–Kier alpha value is -3.52. The van der Waals surface area contributed by atoms with E-state index in [2.05, 4.69) is 5.32 Å². The molecule has 2 heterocycles. The van der Waals surface area contributed by atoms with Crippen LogP contribution >= 0.6 is 0 Å². The van der Waals surface area contributed by atoms with Crippen molar-refractivity contribution in [2.75, 3.05) is 21.9 Å². The topological polar surface area (TPSA) is 88.9 Å². The zero-order valence-electron chi connectivity index (χ0n) is 16.7. The molecule has 0 bridgehead atoms. The summed E-state index contributed by atoms with van der Waals surface area (Å²) in [6.45, 7) is 1.48. The number of hydrogen-bond acceptors (Lipinski definition) is 5. The number of nitrogens with one attached hydrogen (secondary N) is 1. The maximum atomic E-state index is 13.0. The van der Waals surface area contributed by atoms with Crippen LogP contribution in [-0.4, -0.2) is 32.7 Å². The lowest BCUT2D eigenvalue weighted by molar-refractivity contribution is -0.122. The summed E-state index contributed by atoms with van der Waals surface area (Å²) in [5.41, 5.74) is 2.42. The van der Waals surface area contributed by atoms with Crippen molar-refractivity contribution in [3.05, 3.63) is 66.7 Å². The van der Waals surface area contributed by atoms with E-state index < -0.39 is 22.0 Å². The highest BCUT2D eigenvalue weighted by Crippen LogP contribution is 2.35. The normalized spacial score (nSPS) is 16.2. The summed E-state index contributed by atoms with van der Waals surface area (Å²) in [5, 5.41) is 4.78. The van der Waals surface area contributed by atoms with Crippen LogP contribution < -0.4 is 14.4 Å². The minimum atomic E-state index is -3.56. The van der Waals surface area contributed by atoms with Crippen LogP contribution in [0.5, 0.6) is 5.75 Å². The lowest BCUT2D eigenvalue weighted by Gasteiger charge is -2.34. The Balaban J connectivity index is 1.43. The average molecular weight is 436 g/mol. The number of ether oxygens (including phenoxy) is 1. The van der Waals surface area contributed by atoms with E-state index in [0.29, 0.717) is 22.7 Å². The molecule has 4 aromatic rings. The van der Waals surface area contributed by atoms with Crippen LogP contribution in [0, 0.1) is 0 Å². The highest BCUT2D eigenvalue weighted by atomic mass is 32.2. The van der Waals surface area contributed by atoms with Gasteiger partial charge in [0, 0.05) is 22.5 Å². The first-order valence-electron chi connectivity index (χ1n) is 9.94. The molecule has 1 atom stereocenters. The van der Waals surface area contributed by atoms with Gasteiger partial charge in [0.25, 0.3) is 5.91 Å². The number of anilines is 2. The van der Waals surface area contributed by atoms with Gasteiger partial charge in [-0.1, -0.05) is 30.3 Å². The highest BCUT2D eigenvalue weighted by molar-refractivity contribution is 7.92. The molecule has 8 heteroatoms. The fourth-order valence-corrected chi connectivity index (χ4v) is 4.91. The number of carbonyl (C=O) groups excluding carboxylic acids is 1. The molecule has 0 saturated carbocycles. The molecule has 3 aromatic carbocycles. The number of carbonyl (C=O) groups is 1. The number of para-hydroxylation sites is 3. The summed E-state index contributed by atoms with van der Waals surface area (Å²) in [6, 6.07) is 20.0. The van der Waals surface area contributed by atoms with Crippen molar-refractivity contribution in [3.63, 3.8) is 0 Å². The molecule has 1 aliphatic rings. The van der Waals surface area contributed by atoms with E-state index in [4.69, 9.17) is 9.15 Å². The number of amides is 1. The maximum Gasteiger partial charge on any atom is 0.267 e. The fraction of sp³-hybridized carbons (Fsp3) is 0.174. The SMILES string of the molecule is CCS(=O)(=O)N1C[C@H](C(=O)Nc2ccc3c(c2)oc2ccccc23)Oc2ccccc21. The molecular formula is C23H20N2O5S. The van der Waals surface area contributed by atoms with Crippen molar-refractivity contribution in [1.29, 1.82) is 0 Å². The van der Waals surface area contributed by atoms with E-state index in [1.807, 2.05) is 30.3 Å². The highest BCUT2D eigenvalue weighted by Gasteiger charge is 2.36. The Kier molecular flexibility index (Phi) is 4.59. The van der Waals surface area contributed by atoms with Gasteiger partial charge in [-0.3, -0.25) is 9.10 Å². The first-order chi connectivity index (χ1) is 15.0. The Morgan fingerprint density at radius 3 is 2.61 bits per heavy atom. The molecule has 1 aliphatic heterocycles. The van der Waals surface area contributed by atoms with Gasteiger partial charge in [0.2, 0.25) is 10.0 Å². The van der Waals surface area contributed by atoms with Crippen molar-refractivity contribution in [2.45, 2.75) is 13.0 Å². The zero-order chi connectivity index (χ0) is 21.6. The van der Waals surface area contributed by atoms with Crippen molar-refractivity contribution in [2.24, 2.45) is 0 Å². The summed E-state index contributed by atoms with van der Waals surface area (Å²) >= 11 is 0. The van der Waals surface area contributed by atoms with Crippen molar-refractivity contribution in [1.82, 2.24) is 0 Å². The second kappa shape index (κ2) is 7.31. The second-order valence-electron chi connectivity index (χ2n) is 7.30. The molecule has 158 valence electrons. The van der Waals surface area contributed by atoms with Crippen molar-refractivity contribution in [3.8, 4) is 5.75 Å². The number of sulfonamides is 1. The molecule has 7 nitrogen and oxygen atoms in total. The Labute approximate surface area is 179 Å². The molecule has 0 spiro atoms. The Morgan fingerprint density at radius 1 is 1.03 bits per heavy atom. The van der Waals surface area contributed by atoms with Crippen LogP contribution in [0.4, 0.5) is 11.4 Å².